The van der Waals surface area contributed by atoms with E-state index in [9.17, 15) is 18.0 Å². The monoisotopic (exact) mass is 269 g/mol. The third-order valence-corrected chi connectivity index (χ3v) is 1.79. The van der Waals surface area contributed by atoms with Gasteiger partial charge in [-0.15, -0.1) is 12.4 Å². The lowest BCUT2D eigenvalue weighted by atomic mass is 10.2. The molecule has 0 aliphatic carbocycles. The number of nitrogens with one attached hydrogen (secondary N) is 1. The highest BCUT2D eigenvalue weighted by Crippen LogP contribution is 2.18. The van der Waals surface area contributed by atoms with Gasteiger partial charge in [-0.3, -0.25) is 9.78 Å². The maximum Gasteiger partial charge on any atom is 0.390 e. The molecule has 96 valence electrons. The summed E-state index contributed by atoms with van der Waals surface area (Å²) < 4.78 is 35.4. The van der Waals surface area contributed by atoms with Gasteiger partial charge in [0.25, 0.3) is 5.91 Å². The Kier molecular flexibility index (Phi) is 5.73. The second-order valence-electron chi connectivity index (χ2n) is 3.08. The molecule has 1 amide bonds. The Morgan fingerprint density at radius 2 is 2.12 bits per heavy atom. The zero-order chi connectivity index (χ0) is 12.2. The van der Waals surface area contributed by atoms with Crippen LogP contribution in [0.15, 0.2) is 18.5 Å². The van der Waals surface area contributed by atoms with E-state index in [1.165, 1.54) is 18.5 Å². The number of anilines is 1. The number of nitrogens with zero attached hydrogens (tertiary/aromatic N) is 1. The minimum absolute atomic E-state index is 0. The maximum atomic E-state index is 11.8. The fourth-order valence-corrected chi connectivity index (χ4v) is 1.01. The lowest BCUT2D eigenvalue weighted by Crippen LogP contribution is -2.28. The minimum atomic E-state index is -4.28. The van der Waals surface area contributed by atoms with Crippen molar-refractivity contribution in [3.05, 3.63) is 24.0 Å². The van der Waals surface area contributed by atoms with Crippen molar-refractivity contribution in [2.24, 2.45) is 0 Å². The highest BCUT2D eigenvalue weighted by atomic mass is 35.5. The number of hydrogen-bond acceptors (Lipinski definition) is 3. The van der Waals surface area contributed by atoms with Crippen molar-refractivity contribution in [1.29, 1.82) is 0 Å². The minimum Gasteiger partial charge on any atom is -0.398 e. The number of hydrogen-bond donors (Lipinski definition) is 2. The van der Waals surface area contributed by atoms with Crippen LogP contribution in [-0.2, 0) is 0 Å². The van der Waals surface area contributed by atoms with E-state index in [1.54, 1.807) is 0 Å². The van der Waals surface area contributed by atoms with E-state index >= 15 is 0 Å². The van der Waals surface area contributed by atoms with Gasteiger partial charge >= 0.3 is 6.18 Å². The van der Waals surface area contributed by atoms with Crippen LogP contribution in [0.3, 0.4) is 0 Å². The SMILES string of the molecule is Cl.Nc1ccncc1C(=O)NCCC(F)(F)F. The predicted octanol–water partition coefficient (Wildman–Crippen LogP) is 1.77. The topological polar surface area (TPSA) is 68.0 Å². The van der Waals surface area contributed by atoms with E-state index in [1.807, 2.05) is 0 Å². The summed E-state index contributed by atoms with van der Waals surface area (Å²) in [4.78, 5) is 15.0. The molecule has 1 aromatic rings. The number of carbonyl (C=O) groups is 1. The standard InChI is InChI=1S/C9H10F3N3O.ClH/c10-9(11,12)2-4-15-8(16)6-5-14-3-1-7(6)13;/h1,3,5H,2,4H2,(H2,13,14)(H,15,16);1H. The molecule has 0 saturated heterocycles. The van der Waals surface area contributed by atoms with E-state index in [-0.39, 0.29) is 23.7 Å². The van der Waals surface area contributed by atoms with Gasteiger partial charge in [-0.25, -0.2) is 0 Å². The lowest BCUT2D eigenvalue weighted by molar-refractivity contribution is -0.132. The summed E-state index contributed by atoms with van der Waals surface area (Å²) in [6.45, 7) is -0.476. The molecule has 1 rings (SSSR count). The Balaban J connectivity index is 0.00000256. The number of halogens is 4. The van der Waals surface area contributed by atoms with Crippen LogP contribution in [0, 0.1) is 0 Å². The lowest BCUT2D eigenvalue weighted by Gasteiger charge is -2.08. The Hall–Kier alpha value is -1.50. The summed E-state index contributed by atoms with van der Waals surface area (Å²) in [5, 5.41) is 2.12. The summed E-state index contributed by atoms with van der Waals surface area (Å²) in [7, 11) is 0. The molecule has 0 radical (unpaired) electrons. The van der Waals surface area contributed by atoms with Crippen molar-refractivity contribution in [3.63, 3.8) is 0 Å². The normalized spacial score (nSPS) is 10.5. The first-order valence-electron chi connectivity index (χ1n) is 4.44. The Morgan fingerprint density at radius 3 is 2.65 bits per heavy atom. The molecule has 0 aliphatic heterocycles. The Labute approximate surface area is 102 Å². The zero-order valence-corrected chi connectivity index (χ0v) is 9.44. The van der Waals surface area contributed by atoms with Gasteiger partial charge in [0.05, 0.1) is 12.0 Å². The average Bonchev–Trinajstić information content (AvgIpc) is 2.16. The van der Waals surface area contributed by atoms with E-state index in [2.05, 4.69) is 10.3 Å². The second-order valence-corrected chi connectivity index (χ2v) is 3.08. The summed E-state index contributed by atoms with van der Waals surface area (Å²) in [6, 6.07) is 1.40. The molecule has 8 heteroatoms. The summed E-state index contributed by atoms with van der Waals surface area (Å²) in [6.07, 6.45) is -2.76. The third kappa shape index (κ3) is 5.39. The smallest absolute Gasteiger partial charge is 0.390 e. The van der Waals surface area contributed by atoms with Gasteiger partial charge in [0.2, 0.25) is 0 Å². The molecule has 4 nitrogen and oxygen atoms in total. The van der Waals surface area contributed by atoms with Crippen LogP contribution in [-0.4, -0.2) is 23.6 Å². The number of carbonyl (C=O) groups excluding carboxylic acids is 1. The molecule has 0 fully saturated rings. The molecule has 1 heterocycles. The molecule has 0 spiro atoms. The van der Waals surface area contributed by atoms with Crippen molar-refractivity contribution in [1.82, 2.24) is 10.3 Å². The number of alkyl halides is 3. The van der Waals surface area contributed by atoms with Crippen LogP contribution >= 0.6 is 12.4 Å². The molecule has 0 atom stereocenters. The van der Waals surface area contributed by atoms with Gasteiger partial charge in [0.1, 0.15) is 0 Å². The molecule has 1 aromatic heterocycles. The first kappa shape index (κ1) is 15.5. The van der Waals surface area contributed by atoms with E-state index in [0.717, 1.165) is 0 Å². The van der Waals surface area contributed by atoms with Gasteiger partial charge in [-0.1, -0.05) is 0 Å². The van der Waals surface area contributed by atoms with Gasteiger partial charge in [0, 0.05) is 24.6 Å². The number of nitrogen functional groups attached to an aromatic ring is 1. The van der Waals surface area contributed by atoms with Gasteiger partial charge in [-0.05, 0) is 6.07 Å². The molecule has 0 aromatic carbocycles. The average molecular weight is 270 g/mol. The molecule has 0 saturated carbocycles. The van der Waals surface area contributed by atoms with Crippen molar-refractivity contribution in [2.75, 3.05) is 12.3 Å². The van der Waals surface area contributed by atoms with Crippen molar-refractivity contribution in [2.45, 2.75) is 12.6 Å². The predicted molar refractivity (Wildman–Crippen MR) is 58.9 cm³/mol. The van der Waals surface area contributed by atoms with Crippen LogP contribution in [0.4, 0.5) is 18.9 Å². The van der Waals surface area contributed by atoms with E-state index in [4.69, 9.17) is 5.73 Å². The summed E-state index contributed by atoms with van der Waals surface area (Å²) in [5.74, 6) is -0.658. The number of nitrogens with two attached hydrogens (primary N) is 1. The number of amides is 1. The van der Waals surface area contributed by atoms with Crippen LogP contribution in [0.5, 0.6) is 0 Å². The molecular formula is C9H11ClF3N3O. The molecule has 0 bridgehead atoms. The fourth-order valence-electron chi connectivity index (χ4n) is 1.01. The van der Waals surface area contributed by atoms with Crippen LogP contribution in [0.2, 0.25) is 0 Å². The van der Waals surface area contributed by atoms with Crippen molar-refractivity contribution in [3.8, 4) is 0 Å². The first-order chi connectivity index (χ1) is 7.40. The van der Waals surface area contributed by atoms with Gasteiger partial charge < -0.3 is 11.1 Å². The quantitative estimate of drug-likeness (QED) is 0.879. The molecule has 0 aliphatic rings. The molecular weight excluding hydrogens is 259 g/mol. The first-order valence-corrected chi connectivity index (χ1v) is 4.44. The summed E-state index contributed by atoms with van der Waals surface area (Å²) in [5.41, 5.74) is 5.71. The van der Waals surface area contributed by atoms with Crippen molar-refractivity contribution >= 4 is 24.0 Å². The van der Waals surface area contributed by atoms with Crippen LogP contribution in [0.25, 0.3) is 0 Å². The Bertz CT molecular complexity index is 384. The Morgan fingerprint density at radius 1 is 1.47 bits per heavy atom. The second kappa shape index (κ2) is 6.29. The number of pyridine rings is 1. The summed E-state index contributed by atoms with van der Waals surface area (Å²) >= 11 is 0. The number of aromatic nitrogens is 1. The zero-order valence-electron chi connectivity index (χ0n) is 8.62. The van der Waals surface area contributed by atoms with Crippen molar-refractivity contribution < 1.29 is 18.0 Å². The largest absolute Gasteiger partial charge is 0.398 e. The van der Waals surface area contributed by atoms with Gasteiger partial charge in [-0.2, -0.15) is 13.2 Å². The fraction of sp³-hybridized carbons (Fsp3) is 0.333. The number of rotatable bonds is 3. The van der Waals surface area contributed by atoms with Gasteiger partial charge in [0.15, 0.2) is 0 Å². The third-order valence-electron chi connectivity index (χ3n) is 1.79. The highest BCUT2D eigenvalue weighted by molar-refractivity contribution is 5.98. The maximum absolute atomic E-state index is 11.8. The van der Waals surface area contributed by atoms with E-state index < -0.39 is 25.0 Å². The molecule has 0 unspecified atom stereocenters. The van der Waals surface area contributed by atoms with Crippen LogP contribution in [0.1, 0.15) is 16.8 Å². The molecule has 17 heavy (non-hydrogen) atoms. The van der Waals surface area contributed by atoms with E-state index in [0.29, 0.717) is 0 Å². The highest BCUT2D eigenvalue weighted by Gasteiger charge is 2.26. The van der Waals surface area contributed by atoms with Crippen LogP contribution < -0.4 is 11.1 Å². The molecule has 3 N–H and O–H groups in total.